The molecule has 0 aliphatic carbocycles. The molecule has 3 rings (SSSR count). The van der Waals surface area contributed by atoms with Crippen LogP contribution >= 0.6 is 11.6 Å². The molecule has 0 aromatic heterocycles. The molecular weight excluding hydrogens is 303 g/mol. The molecule has 120 valence electrons. The van der Waals surface area contributed by atoms with Gasteiger partial charge in [-0.3, -0.25) is 4.79 Å². The number of halogens is 2. The van der Waals surface area contributed by atoms with Gasteiger partial charge in [0.1, 0.15) is 5.82 Å². The number of rotatable bonds is 1. The summed E-state index contributed by atoms with van der Waals surface area (Å²) in [6.07, 6.45) is 4.45. The zero-order valence-electron chi connectivity index (χ0n) is 12.9. The van der Waals surface area contributed by atoms with Gasteiger partial charge in [0.05, 0.1) is 10.6 Å². The van der Waals surface area contributed by atoms with E-state index in [1.807, 2.05) is 4.90 Å². The molecule has 2 aliphatic rings. The SMILES string of the molecule is Cc1cc(Cl)c(C(=O)N2CCC3(CCNCC3)CC2)cc1F. The summed E-state index contributed by atoms with van der Waals surface area (Å²) in [6.45, 7) is 5.28. The van der Waals surface area contributed by atoms with Gasteiger partial charge in [0.25, 0.3) is 5.91 Å². The van der Waals surface area contributed by atoms with Crippen molar-refractivity contribution in [3.05, 3.63) is 34.1 Å². The van der Waals surface area contributed by atoms with Crippen LogP contribution in [0.1, 0.15) is 41.6 Å². The highest BCUT2D eigenvalue weighted by Crippen LogP contribution is 2.40. The lowest BCUT2D eigenvalue weighted by Gasteiger charge is -2.44. The Morgan fingerprint density at radius 2 is 1.86 bits per heavy atom. The number of benzene rings is 1. The Morgan fingerprint density at radius 3 is 2.50 bits per heavy atom. The van der Waals surface area contributed by atoms with Crippen LogP contribution in [0.25, 0.3) is 0 Å². The van der Waals surface area contributed by atoms with Crippen molar-refractivity contribution in [2.45, 2.75) is 32.6 Å². The highest BCUT2D eigenvalue weighted by molar-refractivity contribution is 6.33. The first-order valence-corrected chi connectivity index (χ1v) is 8.34. The highest BCUT2D eigenvalue weighted by Gasteiger charge is 2.37. The van der Waals surface area contributed by atoms with Crippen molar-refractivity contribution in [2.24, 2.45) is 5.41 Å². The minimum atomic E-state index is -0.375. The topological polar surface area (TPSA) is 32.3 Å². The second kappa shape index (κ2) is 6.17. The van der Waals surface area contributed by atoms with Crippen molar-refractivity contribution >= 4 is 17.5 Å². The molecule has 2 aliphatic heterocycles. The van der Waals surface area contributed by atoms with Crippen LogP contribution in [0.4, 0.5) is 4.39 Å². The van der Waals surface area contributed by atoms with Crippen LogP contribution in [-0.4, -0.2) is 37.0 Å². The van der Waals surface area contributed by atoms with E-state index in [2.05, 4.69) is 5.32 Å². The minimum Gasteiger partial charge on any atom is -0.339 e. The third kappa shape index (κ3) is 2.99. The Hall–Kier alpha value is -1.13. The normalized spacial score (nSPS) is 21.1. The van der Waals surface area contributed by atoms with Gasteiger partial charge in [-0.15, -0.1) is 0 Å². The van der Waals surface area contributed by atoms with Gasteiger partial charge in [0, 0.05) is 13.1 Å². The number of nitrogens with zero attached hydrogens (tertiary/aromatic N) is 1. The van der Waals surface area contributed by atoms with E-state index in [1.54, 1.807) is 6.92 Å². The average Bonchev–Trinajstić information content (AvgIpc) is 2.52. The second-order valence-electron chi connectivity index (χ2n) is 6.62. The molecule has 2 fully saturated rings. The van der Waals surface area contributed by atoms with Crippen LogP contribution in [0.15, 0.2) is 12.1 Å². The number of piperidine rings is 2. The van der Waals surface area contributed by atoms with Crippen LogP contribution < -0.4 is 5.32 Å². The molecule has 0 saturated carbocycles. The molecule has 1 spiro atoms. The van der Waals surface area contributed by atoms with E-state index in [0.717, 1.165) is 39.0 Å². The number of amides is 1. The molecular formula is C17H22ClFN2O. The van der Waals surface area contributed by atoms with E-state index in [0.29, 0.717) is 16.0 Å². The van der Waals surface area contributed by atoms with Crippen molar-refractivity contribution in [1.29, 1.82) is 0 Å². The molecule has 0 atom stereocenters. The van der Waals surface area contributed by atoms with E-state index in [1.165, 1.54) is 25.0 Å². The Kier molecular flexibility index (Phi) is 4.42. The zero-order valence-corrected chi connectivity index (χ0v) is 13.7. The van der Waals surface area contributed by atoms with Gasteiger partial charge < -0.3 is 10.2 Å². The Balaban J connectivity index is 1.71. The standard InChI is InChI=1S/C17H22ClFN2O/c1-12-10-14(18)13(11-15(12)19)16(22)21-8-4-17(5-9-21)2-6-20-7-3-17/h10-11,20H,2-9H2,1H3. The molecule has 1 aromatic rings. The lowest BCUT2D eigenvalue weighted by Crippen LogP contribution is -2.47. The number of carbonyl (C=O) groups is 1. The lowest BCUT2D eigenvalue weighted by molar-refractivity contribution is 0.0495. The van der Waals surface area contributed by atoms with Gasteiger partial charge in [-0.25, -0.2) is 4.39 Å². The third-order valence-corrected chi connectivity index (χ3v) is 5.57. The molecule has 2 heterocycles. The number of likely N-dealkylation sites (tertiary alicyclic amines) is 1. The summed E-state index contributed by atoms with van der Waals surface area (Å²) in [5, 5.41) is 3.73. The molecule has 2 saturated heterocycles. The zero-order chi connectivity index (χ0) is 15.7. The molecule has 0 radical (unpaired) electrons. The van der Waals surface area contributed by atoms with Gasteiger partial charge in [-0.2, -0.15) is 0 Å². The maximum absolute atomic E-state index is 13.7. The van der Waals surface area contributed by atoms with Gasteiger partial charge in [-0.1, -0.05) is 11.6 Å². The summed E-state index contributed by atoms with van der Waals surface area (Å²) in [4.78, 5) is 14.4. The molecule has 3 nitrogen and oxygen atoms in total. The minimum absolute atomic E-state index is 0.146. The van der Waals surface area contributed by atoms with E-state index >= 15 is 0 Å². The number of hydrogen-bond acceptors (Lipinski definition) is 2. The summed E-state index contributed by atoms with van der Waals surface area (Å²) in [7, 11) is 0. The first-order chi connectivity index (χ1) is 10.5. The van der Waals surface area contributed by atoms with Gasteiger partial charge >= 0.3 is 0 Å². The Labute approximate surface area is 135 Å². The average molecular weight is 325 g/mol. The van der Waals surface area contributed by atoms with Gasteiger partial charge in [0.2, 0.25) is 0 Å². The lowest BCUT2D eigenvalue weighted by atomic mass is 9.71. The molecule has 1 N–H and O–H groups in total. The molecule has 1 amide bonds. The Morgan fingerprint density at radius 1 is 1.23 bits per heavy atom. The van der Waals surface area contributed by atoms with E-state index in [-0.39, 0.29) is 17.3 Å². The largest absolute Gasteiger partial charge is 0.339 e. The molecule has 0 bridgehead atoms. The smallest absolute Gasteiger partial charge is 0.255 e. The van der Waals surface area contributed by atoms with Gasteiger partial charge in [-0.05, 0) is 68.8 Å². The fourth-order valence-corrected chi connectivity index (χ4v) is 3.92. The summed E-state index contributed by atoms with van der Waals surface area (Å²) < 4.78 is 13.7. The van der Waals surface area contributed by atoms with E-state index < -0.39 is 0 Å². The van der Waals surface area contributed by atoms with Crippen LogP contribution in [0.5, 0.6) is 0 Å². The van der Waals surface area contributed by atoms with Crippen LogP contribution in [-0.2, 0) is 0 Å². The first kappa shape index (κ1) is 15.8. The van der Waals surface area contributed by atoms with Crippen LogP contribution in [0.3, 0.4) is 0 Å². The summed E-state index contributed by atoms with van der Waals surface area (Å²) >= 11 is 6.14. The second-order valence-corrected chi connectivity index (χ2v) is 7.03. The Bertz CT molecular complexity index is 574. The maximum atomic E-state index is 13.7. The fraction of sp³-hybridized carbons (Fsp3) is 0.588. The molecule has 0 unspecified atom stereocenters. The van der Waals surface area contributed by atoms with Crippen molar-refractivity contribution in [1.82, 2.24) is 10.2 Å². The van der Waals surface area contributed by atoms with Crippen LogP contribution in [0.2, 0.25) is 5.02 Å². The molecule has 1 aromatic carbocycles. The quantitative estimate of drug-likeness (QED) is 0.858. The number of aryl methyl sites for hydroxylation is 1. The predicted molar refractivity (Wildman–Crippen MR) is 85.8 cm³/mol. The van der Waals surface area contributed by atoms with Crippen molar-refractivity contribution in [3.63, 3.8) is 0 Å². The predicted octanol–water partition coefficient (Wildman–Crippen LogP) is 3.39. The van der Waals surface area contributed by atoms with Crippen molar-refractivity contribution in [2.75, 3.05) is 26.2 Å². The molecule has 5 heteroatoms. The number of nitrogens with one attached hydrogen (secondary N) is 1. The first-order valence-electron chi connectivity index (χ1n) is 7.96. The summed E-state index contributed by atoms with van der Waals surface area (Å²) in [6, 6.07) is 2.80. The maximum Gasteiger partial charge on any atom is 0.255 e. The summed E-state index contributed by atoms with van der Waals surface area (Å²) in [5.74, 6) is -0.521. The highest BCUT2D eigenvalue weighted by atomic mass is 35.5. The van der Waals surface area contributed by atoms with Crippen molar-refractivity contribution < 1.29 is 9.18 Å². The van der Waals surface area contributed by atoms with Gasteiger partial charge in [0.15, 0.2) is 0 Å². The van der Waals surface area contributed by atoms with E-state index in [9.17, 15) is 9.18 Å². The summed E-state index contributed by atoms with van der Waals surface area (Å²) in [5.41, 5.74) is 1.14. The fourth-order valence-electron chi connectivity index (χ4n) is 3.62. The monoisotopic (exact) mass is 324 g/mol. The van der Waals surface area contributed by atoms with Crippen molar-refractivity contribution in [3.8, 4) is 0 Å². The molecule has 22 heavy (non-hydrogen) atoms. The number of carbonyl (C=O) groups excluding carboxylic acids is 1. The van der Waals surface area contributed by atoms with E-state index in [4.69, 9.17) is 11.6 Å². The van der Waals surface area contributed by atoms with Crippen LogP contribution in [0, 0.1) is 18.2 Å². The third-order valence-electron chi connectivity index (χ3n) is 5.25. The number of hydrogen-bond donors (Lipinski definition) is 1.